The summed E-state index contributed by atoms with van der Waals surface area (Å²) in [7, 11) is 1.99. The second kappa shape index (κ2) is 6.26. The number of hydrogen-bond acceptors (Lipinski definition) is 4. The zero-order valence-electron chi connectivity index (χ0n) is 10.4. The third-order valence-electron chi connectivity index (χ3n) is 3.40. The maximum atomic E-state index is 5.92. The fourth-order valence-electron chi connectivity index (χ4n) is 2.34. The van der Waals surface area contributed by atoms with Gasteiger partial charge in [0.05, 0.1) is 0 Å². The van der Waals surface area contributed by atoms with Crippen molar-refractivity contribution in [2.24, 2.45) is 0 Å². The van der Waals surface area contributed by atoms with E-state index < -0.39 is 0 Å². The Morgan fingerprint density at radius 3 is 2.94 bits per heavy atom. The topological polar surface area (TPSA) is 50.9 Å². The van der Waals surface area contributed by atoms with Gasteiger partial charge in [0.2, 0.25) is 0 Å². The summed E-state index contributed by atoms with van der Waals surface area (Å²) in [5.74, 6) is 1.73. The van der Waals surface area contributed by atoms with Gasteiger partial charge < -0.3 is 11.1 Å². The monoisotopic (exact) mass is 251 g/mol. The first-order chi connectivity index (χ1) is 8.31. The lowest BCUT2D eigenvalue weighted by atomic mass is 10.1. The first-order valence-electron chi connectivity index (χ1n) is 6.30. The Balaban J connectivity index is 1.94. The number of nitrogen functional groups attached to an aromatic ring is 1. The smallest absolute Gasteiger partial charge is 0.128 e. The van der Waals surface area contributed by atoms with Crippen LogP contribution in [0, 0.1) is 0 Å². The zero-order chi connectivity index (χ0) is 12.1. The number of nitrogens with one attached hydrogen (secondary N) is 1. The second-order valence-corrected chi connectivity index (χ2v) is 5.89. The molecular formula is C13H21N3S. The van der Waals surface area contributed by atoms with E-state index in [0.29, 0.717) is 11.9 Å². The highest BCUT2D eigenvalue weighted by atomic mass is 32.2. The summed E-state index contributed by atoms with van der Waals surface area (Å²) in [6, 6.07) is 4.34. The molecule has 1 atom stereocenters. The fraction of sp³-hybridized carbons (Fsp3) is 0.615. The molecule has 0 saturated heterocycles. The molecule has 4 heteroatoms. The van der Waals surface area contributed by atoms with Gasteiger partial charge in [0.25, 0.3) is 0 Å². The lowest BCUT2D eigenvalue weighted by Gasteiger charge is -2.19. The molecular weight excluding hydrogens is 230 g/mol. The first-order valence-corrected chi connectivity index (χ1v) is 7.35. The Labute approximate surface area is 108 Å². The van der Waals surface area contributed by atoms with Crippen LogP contribution in [0.4, 0.5) is 5.82 Å². The molecule has 1 unspecified atom stereocenters. The van der Waals surface area contributed by atoms with Gasteiger partial charge in [-0.1, -0.05) is 18.9 Å². The molecule has 1 saturated carbocycles. The van der Waals surface area contributed by atoms with Gasteiger partial charge in [0.15, 0.2) is 0 Å². The number of rotatable bonds is 5. The Morgan fingerprint density at radius 2 is 2.29 bits per heavy atom. The standard InChI is InChI=1S/C13H21N3S/c1-15-12(9-17-10-5-2-3-6-10)11-7-4-8-16-13(11)14/h4,7-8,10,12,15H,2-3,5-6,9H2,1H3,(H2,14,16). The molecule has 3 N–H and O–H groups in total. The van der Waals surface area contributed by atoms with Gasteiger partial charge in [-0.2, -0.15) is 11.8 Å². The van der Waals surface area contributed by atoms with E-state index in [2.05, 4.69) is 28.1 Å². The van der Waals surface area contributed by atoms with Crippen LogP contribution in [-0.2, 0) is 0 Å². The Hall–Kier alpha value is -0.740. The van der Waals surface area contributed by atoms with E-state index in [1.807, 2.05) is 13.1 Å². The minimum Gasteiger partial charge on any atom is -0.383 e. The molecule has 94 valence electrons. The normalized spacial score (nSPS) is 18.4. The van der Waals surface area contributed by atoms with Crippen molar-refractivity contribution >= 4 is 17.6 Å². The summed E-state index contributed by atoms with van der Waals surface area (Å²) in [6.07, 6.45) is 7.30. The third-order valence-corrected chi connectivity index (χ3v) is 4.86. The van der Waals surface area contributed by atoms with Gasteiger partial charge in [-0.15, -0.1) is 0 Å². The van der Waals surface area contributed by atoms with Crippen LogP contribution in [-0.4, -0.2) is 23.0 Å². The number of nitrogens with zero attached hydrogens (tertiary/aromatic N) is 1. The number of hydrogen-bond donors (Lipinski definition) is 2. The minimum absolute atomic E-state index is 0.314. The van der Waals surface area contributed by atoms with Crippen LogP contribution in [0.25, 0.3) is 0 Å². The minimum atomic E-state index is 0.314. The van der Waals surface area contributed by atoms with E-state index in [-0.39, 0.29) is 0 Å². The lowest BCUT2D eigenvalue weighted by Crippen LogP contribution is -2.21. The average molecular weight is 251 g/mol. The molecule has 0 spiro atoms. The van der Waals surface area contributed by atoms with E-state index in [1.54, 1.807) is 6.20 Å². The largest absolute Gasteiger partial charge is 0.383 e. The molecule has 1 heterocycles. The van der Waals surface area contributed by atoms with E-state index in [0.717, 1.165) is 16.6 Å². The highest BCUT2D eigenvalue weighted by Gasteiger charge is 2.19. The van der Waals surface area contributed by atoms with Crippen molar-refractivity contribution in [3.63, 3.8) is 0 Å². The molecule has 0 aromatic carbocycles. The number of nitrogens with two attached hydrogens (primary N) is 1. The maximum absolute atomic E-state index is 5.92. The van der Waals surface area contributed by atoms with Gasteiger partial charge in [-0.25, -0.2) is 4.98 Å². The molecule has 1 aromatic heterocycles. The molecule has 1 aliphatic rings. The van der Waals surface area contributed by atoms with Crippen molar-refractivity contribution in [3.05, 3.63) is 23.9 Å². The number of anilines is 1. The van der Waals surface area contributed by atoms with Gasteiger partial charge in [-0.3, -0.25) is 0 Å². The third kappa shape index (κ3) is 3.36. The van der Waals surface area contributed by atoms with E-state index in [4.69, 9.17) is 5.73 Å². The maximum Gasteiger partial charge on any atom is 0.128 e. The SMILES string of the molecule is CNC(CSC1CCCC1)c1cccnc1N. The van der Waals surface area contributed by atoms with Crippen LogP contribution in [0.15, 0.2) is 18.3 Å². The number of thioether (sulfide) groups is 1. The Kier molecular flexibility index (Phi) is 4.68. The predicted octanol–water partition coefficient (Wildman–Crippen LogP) is 2.60. The van der Waals surface area contributed by atoms with Crippen molar-refractivity contribution in [2.45, 2.75) is 37.0 Å². The van der Waals surface area contributed by atoms with Gasteiger partial charge in [0.1, 0.15) is 5.82 Å². The van der Waals surface area contributed by atoms with Crippen LogP contribution < -0.4 is 11.1 Å². The number of aromatic nitrogens is 1. The highest BCUT2D eigenvalue weighted by Crippen LogP contribution is 2.32. The summed E-state index contributed by atoms with van der Waals surface area (Å²) in [5, 5.41) is 4.19. The summed E-state index contributed by atoms with van der Waals surface area (Å²) < 4.78 is 0. The van der Waals surface area contributed by atoms with Gasteiger partial charge in [0, 0.05) is 28.8 Å². The van der Waals surface area contributed by atoms with E-state index in [9.17, 15) is 0 Å². The molecule has 17 heavy (non-hydrogen) atoms. The van der Waals surface area contributed by atoms with Crippen LogP contribution in [0.2, 0.25) is 0 Å². The molecule has 0 radical (unpaired) electrons. The molecule has 0 aliphatic heterocycles. The molecule has 2 rings (SSSR count). The molecule has 0 bridgehead atoms. The molecule has 0 amide bonds. The quantitative estimate of drug-likeness (QED) is 0.844. The molecule has 3 nitrogen and oxygen atoms in total. The summed E-state index contributed by atoms with van der Waals surface area (Å²) in [4.78, 5) is 4.16. The van der Waals surface area contributed by atoms with Crippen molar-refractivity contribution in [2.75, 3.05) is 18.5 Å². The van der Waals surface area contributed by atoms with Crippen molar-refractivity contribution < 1.29 is 0 Å². The highest BCUT2D eigenvalue weighted by molar-refractivity contribution is 7.99. The molecule has 1 aliphatic carbocycles. The van der Waals surface area contributed by atoms with Crippen molar-refractivity contribution in [1.82, 2.24) is 10.3 Å². The average Bonchev–Trinajstić information content (AvgIpc) is 2.85. The van der Waals surface area contributed by atoms with E-state index >= 15 is 0 Å². The lowest BCUT2D eigenvalue weighted by molar-refractivity contribution is 0.659. The van der Waals surface area contributed by atoms with Gasteiger partial charge in [-0.05, 0) is 26.0 Å². The van der Waals surface area contributed by atoms with Crippen LogP contribution in [0.1, 0.15) is 37.3 Å². The summed E-state index contributed by atoms with van der Waals surface area (Å²) in [6.45, 7) is 0. The van der Waals surface area contributed by atoms with Crippen LogP contribution in [0.3, 0.4) is 0 Å². The zero-order valence-corrected chi connectivity index (χ0v) is 11.2. The first kappa shape index (κ1) is 12.7. The van der Waals surface area contributed by atoms with Crippen LogP contribution >= 0.6 is 11.8 Å². The molecule has 1 fully saturated rings. The Morgan fingerprint density at radius 1 is 1.53 bits per heavy atom. The predicted molar refractivity (Wildman–Crippen MR) is 75.2 cm³/mol. The van der Waals surface area contributed by atoms with Crippen molar-refractivity contribution in [3.8, 4) is 0 Å². The summed E-state index contributed by atoms with van der Waals surface area (Å²) in [5.41, 5.74) is 7.05. The number of pyridine rings is 1. The van der Waals surface area contributed by atoms with Crippen molar-refractivity contribution in [1.29, 1.82) is 0 Å². The van der Waals surface area contributed by atoms with Gasteiger partial charge >= 0.3 is 0 Å². The van der Waals surface area contributed by atoms with E-state index in [1.165, 1.54) is 25.7 Å². The summed E-state index contributed by atoms with van der Waals surface area (Å²) >= 11 is 2.07. The fourth-order valence-corrected chi connectivity index (χ4v) is 3.82. The molecule has 1 aromatic rings. The second-order valence-electron chi connectivity index (χ2n) is 4.56. The van der Waals surface area contributed by atoms with Crippen LogP contribution in [0.5, 0.6) is 0 Å². The Bertz CT molecular complexity index is 350.